The molecule has 20 heavy (non-hydrogen) atoms. The van der Waals surface area contributed by atoms with Gasteiger partial charge < -0.3 is 10.6 Å². The number of rotatable bonds is 1. The first-order valence-corrected chi connectivity index (χ1v) is 5.81. The van der Waals surface area contributed by atoms with E-state index in [0.29, 0.717) is 0 Å². The Morgan fingerprint density at radius 2 is 2.15 bits per heavy atom. The Labute approximate surface area is 113 Å². The second-order valence-electron chi connectivity index (χ2n) is 4.89. The summed E-state index contributed by atoms with van der Waals surface area (Å²) in [6.07, 6.45) is 1.19. The zero-order chi connectivity index (χ0) is 15.1. The van der Waals surface area contributed by atoms with E-state index in [1.165, 1.54) is 20.0 Å². The fourth-order valence-corrected chi connectivity index (χ4v) is 1.88. The van der Waals surface area contributed by atoms with Crippen LogP contribution in [0.3, 0.4) is 0 Å². The summed E-state index contributed by atoms with van der Waals surface area (Å²) in [5.41, 5.74) is 3.71. The molecule has 1 aliphatic rings. The molecule has 2 rings (SSSR count). The van der Waals surface area contributed by atoms with Crippen molar-refractivity contribution in [3.63, 3.8) is 0 Å². The summed E-state index contributed by atoms with van der Waals surface area (Å²) in [5.74, 6) is -3.41. The molecule has 0 unspecified atom stereocenters. The molecule has 0 spiro atoms. The van der Waals surface area contributed by atoms with E-state index in [-0.39, 0.29) is 12.1 Å². The third-order valence-electron chi connectivity index (χ3n) is 3.18. The lowest BCUT2D eigenvalue weighted by atomic mass is 9.97. The topological polar surface area (TPSA) is 105 Å². The fourth-order valence-electron chi connectivity index (χ4n) is 1.88. The number of nitrogen functional groups attached to an aromatic ring is 1. The van der Waals surface area contributed by atoms with Gasteiger partial charge in [-0.3, -0.25) is 19.7 Å². The van der Waals surface area contributed by atoms with E-state index in [4.69, 9.17) is 5.73 Å². The first-order chi connectivity index (χ1) is 9.25. The van der Waals surface area contributed by atoms with Crippen molar-refractivity contribution in [1.82, 2.24) is 15.2 Å². The van der Waals surface area contributed by atoms with Gasteiger partial charge in [-0.15, -0.1) is 0 Å². The van der Waals surface area contributed by atoms with Gasteiger partial charge in [-0.2, -0.15) is 0 Å². The molecule has 106 valence electrons. The van der Waals surface area contributed by atoms with Gasteiger partial charge in [-0.25, -0.2) is 9.37 Å². The molecule has 1 aliphatic heterocycles. The largest absolute Gasteiger partial charge is 0.381 e. The lowest BCUT2D eigenvalue weighted by Crippen LogP contribution is -2.65. The Kier molecular flexibility index (Phi) is 3.16. The molecule has 0 atom stereocenters. The monoisotopic (exact) mass is 280 g/mol. The normalized spacial score (nSPS) is 17.9. The molecular weight excluding hydrogens is 267 g/mol. The van der Waals surface area contributed by atoms with Crippen LogP contribution in [0.1, 0.15) is 24.2 Å². The van der Waals surface area contributed by atoms with Gasteiger partial charge in [0.1, 0.15) is 12.1 Å². The van der Waals surface area contributed by atoms with Crippen LogP contribution in [0.5, 0.6) is 0 Å². The van der Waals surface area contributed by atoms with E-state index in [1.54, 1.807) is 0 Å². The molecule has 0 aliphatic carbocycles. The number of hydrogen-bond acceptors (Lipinski definition) is 5. The van der Waals surface area contributed by atoms with Crippen LogP contribution in [0.25, 0.3) is 0 Å². The van der Waals surface area contributed by atoms with Gasteiger partial charge in [0.2, 0.25) is 5.91 Å². The lowest BCUT2D eigenvalue weighted by molar-refractivity contribution is -0.143. The lowest BCUT2D eigenvalue weighted by Gasteiger charge is -2.40. The van der Waals surface area contributed by atoms with Crippen LogP contribution in [0, 0.1) is 5.82 Å². The molecule has 2 heterocycles. The highest BCUT2D eigenvalue weighted by Crippen LogP contribution is 2.23. The van der Waals surface area contributed by atoms with Crippen molar-refractivity contribution >= 4 is 23.5 Å². The minimum absolute atomic E-state index is 0.326. The summed E-state index contributed by atoms with van der Waals surface area (Å²) >= 11 is 0. The molecule has 1 aromatic heterocycles. The molecule has 1 fully saturated rings. The molecule has 8 heteroatoms. The molecule has 1 aromatic rings. The third kappa shape index (κ3) is 2.09. The number of pyridine rings is 1. The van der Waals surface area contributed by atoms with Crippen LogP contribution in [-0.4, -0.2) is 39.7 Å². The van der Waals surface area contributed by atoms with Crippen LogP contribution < -0.4 is 11.1 Å². The highest BCUT2D eigenvalue weighted by Gasteiger charge is 2.44. The molecule has 1 saturated heterocycles. The number of piperazine rings is 1. The number of hydrogen-bond donors (Lipinski definition) is 2. The van der Waals surface area contributed by atoms with E-state index in [9.17, 15) is 18.8 Å². The number of nitrogens with one attached hydrogen (secondary N) is 1. The number of carbonyl (C=O) groups is 3. The summed E-state index contributed by atoms with van der Waals surface area (Å²) in [4.78, 5) is 40.0. The van der Waals surface area contributed by atoms with E-state index in [2.05, 4.69) is 10.3 Å². The average molecular weight is 280 g/mol. The summed E-state index contributed by atoms with van der Waals surface area (Å²) < 4.78 is 13.8. The van der Waals surface area contributed by atoms with E-state index < -0.39 is 34.9 Å². The zero-order valence-corrected chi connectivity index (χ0v) is 10.9. The number of amides is 3. The Hall–Kier alpha value is -2.51. The number of nitrogens with two attached hydrogens (primary N) is 1. The second-order valence-corrected chi connectivity index (χ2v) is 4.89. The van der Waals surface area contributed by atoms with Gasteiger partial charge in [0.15, 0.2) is 11.6 Å². The molecule has 3 amide bonds. The van der Waals surface area contributed by atoms with Gasteiger partial charge in [-0.05, 0) is 19.9 Å². The SMILES string of the molecule is CC1(C)C(=O)NC(=O)CN1C(=O)c1ccnc(N)c1F. The highest BCUT2D eigenvalue weighted by molar-refractivity contribution is 6.09. The standard InChI is InChI=1S/C12H13FN4O3/c1-12(2)11(20)16-7(18)5-17(12)10(19)6-3-4-15-9(14)8(6)13/h3-4H,5H2,1-2H3,(H2,14,15)(H,16,18,20). The minimum Gasteiger partial charge on any atom is -0.381 e. The van der Waals surface area contributed by atoms with Gasteiger partial charge >= 0.3 is 0 Å². The molecule has 3 N–H and O–H groups in total. The summed E-state index contributed by atoms with van der Waals surface area (Å²) in [5, 5.41) is 2.13. The Balaban J connectivity index is 2.43. The Morgan fingerprint density at radius 1 is 1.50 bits per heavy atom. The molecular formula is C12H13FN4O3. The number of imide groups is 1. The Morgan fingerprint density at radius 3 is 2.80 bits per heavy atom. The number of halogens is 1. The van der Waals surface area contributed by atoms with Gasteiger partial charge in [0.05, 0.1) is 5.56 Å². The predicted molar refractivity (Wildman–Crippen MR) is 66.9 cm³/mol. The quantitative estimate of drug-likeness (QED) is 0.686. The van der Waals surface area contributed by atoms with E-state index >= 15 is 0 Å². The fraction of sp³-hybridized carbons (Fsp3) is 0.333. The minimum atomic E-state index is -1.27. The molecule has 0 bridgehead atoms. The first kappa shape index (κ1) is 13.9. The van der Waals surface area contributed by atoms with E-state index in [0.717, 1.165) is 11.0 Å². The third-order valence-corrected chi connectivity index (χ3v) is 3.18. The predicted octanol–water partition coefficient (Wildman–Crippen LogP) is -0.320. The van der Waals surface area contributed by atoms with Gasteiger partial charge in [0, 0.05) is 6.20 Å². The number of anilines is 1. The van der Waals surface area contributed by atoms with Crippen molar-refractivity contribution in [3.05, 3.63) is 23.6 Å². The maximum Gasteiger partial charge on any atom is 0.258 e. The summed E-state index contributed by atoms with van der Waals surface area (Å²) in [6, 6.07) is 1.15. The Bertz CT molecular complexity index is 615. The summed E-state index contributed by atoms with van der Waals surface area (Å²) in [7, 11) is 0. The van der Waals surface area contributed by atoms with Crippen LogP contribution in [0.15, 0.2) is 12.3 Å². The molecule has 7 nitrogen and oxygen atoms in total. The van der Waals surface area contributed by atoms with Gasteiger partial charge in [0.25, 0.3) is 11.8 Å². The van der Waals surface area contributed by atoms with Crippen LogP contribution in [-0.2, 0) is 9.59 Å². The number of aromatic nitrogens is 1. The first-order valence-electron chi connectivity index (χ1n) is 5.81. The van der Waals surface area contributed by atoms with Crippen molar-refractivity contribution < 1.29 is 18.8 Å². The summed E-state index contributed by atoms with van der Waals surface area (Å²) in [6.45, 7) is 2.60. The van der Waals surface area contributed by atoms with Crippen LogP contribution in [0.2, 0.25) is 0 Å². The van der Waals surface area contributed by atoms with Gasteiger partial charge in [-0.1, -0.05) is 0 Å². The maximum atomic E-state index is 13.8. The molecule has 0 aromatic carbocycles. The van der Waals surface area contributed by atoms with Crippen LogP contribution >= 0.6 is 0 Å². The van der Waals surface area contributed by atoms with E-state index in [1.807, 2.05) is 0 Å². The maximum absolute atomic E-state index is 13.8. The molecule has 0 radical (unpaired) electrons. The van der Waals surface area contributed by atoms with Crippen molar-refractivity contribution in [2.45, 2.75) is 19.4 Å². The smallest absolute Gasteiger partial charge is 0.258 e. The number of carbonyl (C=O) groups excluding carboxylic acids is 3. The van der Waals surface area contributed by atoms with Crippen molar-refractivity contribution in [2.24, 2.45) is 0 Å². The second kappa shape index (κ2) is 4.55. The highest BCUT2D eigenvalue weighted by atomic mass is 19.1. The average Bonchev–Trinajstić information content (AvgIpc) is 2.37. The van der Waals surface area contributed by atoms with Crippen molar-refractivity contribution in [2.75, 3.05) is 12.3 Å². The van der Waals surface area contributed by atoms with Crippen molar-refractivity contribution in [1.29, 1.82) is 0 Å². The van der Waals surface area contributed by atoms with Crippen molar-refractivity contribution in [3.8, 4) is 0 Å². The molecule has 0 saturated carbocycles. The van der Waals surface area contributed by atoms with Crippen LogP contribution in [0.4, 0.5) is 10.2 Å². The number of nitrogens with zero attached hydrogens (tertiary/aromatic N) is 2. The zero-order valence-electron chi connectivity index (χ0n) is 10.9.